The van der Waals surface area contributed by atoms with E-state index in [2.05, 4.69) is 5.10 Å². The molecule has 0 aliphatic heterocycles. The number of aromatic nitrogens is 2. The van der Waals surface area contributed by atoms with Crippen molar-refractivity contribution in [2.45, 2.75) is 33.2 Å². The number of alkyl halides is 2. The highest BCUT2D eigenvalue weighted by Gasteiger charge is 2.35. The molecule has 80 valence electrons. The molecular weight excluding hydrogens is 188 g/mol. The van der Waals surface area contributed by atoms with Crippen molar-refractivity contribution in [3.05, 3.63) is 17.0 Å². The molecule has 5 heteroatoms. The van der Waals surface area contributed by atoms with Crippen LogP contribution >= 0.6 is 0 Å². The lowest BCUT2D eigenvalue weighted by atomic mass is 10.1. The molecule has 0 unspecified atom stereocenters. The first-order valence-corrected chi connectivity index (χ1v) is 4.56. The molecule has 1 heterocycles. The van der Waals surface area contributed by atoms with Crippen LogP contribution in [0.25, 0.3) is 0 Å². The largest absolute Gasteiger partial charge is 0.325 e. The molecule has 0 spiro atoms. The van der Waals surface area contributed by atoms with E-state index in [-0.39, 0.29) is 5.56 Å². The summed E-state index contributed by atoms with van der Waals surface area (Å²) in [5.74, 6) is -2.97. The summed E-state index contributed by atoms with van der Waals surface area (Å²) >= 11 is 0. The van der Waals surface area contributed by atoms with Gasteiger partial charge in [0.25, 0.3) is 5.92 Å². The molecule has 0 saturated carbocycles. The molecular formula is C9H15F2N3. The molecule has 1 aromatic rings. The van der Waals surface area contributed by atoms with Gasteiger partial charge in [-0.3, -0.25) is 4.68 Å². The van der Waals surface area contributed by atoms with Gasteiger partial charge in [0.15, 0.2) is 0 Å². The van der Waals surface area contributed by atoms with Crippen molar-refractivity contribution in [2.24, 2.45) is 5.73 Å². The lowest BCUT2D eigenvalue weighted by molar-refractivity contribution is 0.00459. The second-order valence-electron chi connectivity index (χ2n) is 3.27. The molecule has 0 aliphatic rings. The van der Waals surface area contributed by atoms with Crippen molar-refractivity contribution in [2.75, 3.05) is 6.54 Å². The SMILES string of the molecule is CCn1nc(C)c(C(F)(F)CN)c1C. The van der Waals surface area contributed by atoms with Crippen LogP contribution in [0.3, 0.4) is 0 Å². The van der Waals surface area contributed by atoms with Crippen LogP contribution in [0.4, 0.5) is 8.78 Å². The zero-order chi connectivity index (χ0) is 10.9. The van der Waals surface area contributed by atoms with Gasteiger partial charge >= 0.3 is 0 Å². The molecule has 0 aromatic carbocycles. The van der Waals surface area contributed by atoms with E-state index in [0.717, 1.165) is 0 Å². The van der Waals surface area contributed by atoms with Crippen molar-refractivity contribution < 1.29 is 8.78 Å². The number of nitrogens with zero attached hydrogens (tertiary/aromatic N) is 2. The van der Waals surface area contributed by atoms with Crippen LogP contribution in [0.2, 0.25) is 0 Å². The van der Waals surface area contributed by atoms with Crippen LogP contribution in [-0.2, 0) is 12.5 Å². The second-order valence-corrected chi connectivity index (χ2v) is 3.27. The average Bonchev–Trinajstić information content (AvgIpc) is 2.41. The first kappa shape index (κ1) is 11.1. The van der Waals surface area contributed by atoms with E-state index in [1.54, 1.807) is 18.5 Å². The summed E-state index contributed by atoms with van der Waals surface area (Å²) in [4.78, 5) is 0. The van der Waals surface area contributed by atoms with Crippen LogP contribution in [0.1, 0.15) is 23.9 Å². The fourth-order valence-electron chi connectivity index (χ4n) is 1.64. The summed E-state index contributed by atoms with van der Waals surface area (Å²) in [5, 5.41) is 4.02. The summed E-state index contributed by atoms with van der Waals surface area (Å²) in [7, 11) is 0. The quantitative estimate of drug-likeness (QED) is 0.810. The number of rotatable bonds is 3. The lowest BCUT2D eigenvalue weighted by Gasteiger charge is -2.14. The van der Waals surface area contributed by atoms with Gasteiger partial charge in [-0.2, -0.15) is 13.9 Å². The summed E-state index contributed by atoms with van der Waals surface area (Å²) in [6.45, 7) is 5.00. The zero-order valence-corrected chi connectivity index (χ0v) is 8.64. The topological polar surface area (TPSA) is 43.8 Å². The molecule has 0 atom stereocenters. The van der Waals surface area contributed by atoms with E-state index < -0.39 is 12.5 Å². The Balaban J connectivity index is 3.27. The fourth-order valence-corrected chi connectivity index (χ4v) is 1.64. The normalized spacial score (nSPS) is 12.1. The maximum absolute atomic E-state index is 13.4. The van der Waals surface area contributed by atoms with Gasteiger partial charge in [0.05, 0.1) is 17.8 Å². The molecule has 2 N–H and O–H groups in total. The Bertz CT molecular complexity index is 331. The van der Waals surface area contributed by atoms with Gasteiger partial charge in [0, 0.05) is 12.2 Å². The zero-order valence-electron chi connectivity index (χ0n) is 8.64. The van der Waals surface area contributed by atoms with Crippen LogP contribution in [0.15, 0.2) is 0 Å². The summed E-state index contributed by atoms with van der Waals surface area (Å²) < 4.78 is 28.3. The van der Waals surface area contributed by atoms with Gasteiger partial charge in [0.1, 0.15) is 0 Å². The van der Waals surface area contributed by atoms with Crippen LogP contribution in [-0.4, -0.2) is 16.3 Å². The molecule has 0 fully saturated rings. The highest BCUT2D eigenvalue weighted by molar-refractivity contribution is 5.29. The first-order chi connectivity index (χ1) is 6.44. The van der Waals surface area contributed by atoms with Gasteiger partial charge in [-0.15, -0.1) is 0 Å². The molecule has 0 bridgehead atoms. The first-order valence-electron chi connectivity index (χ1n) is 4.56. The molecule has 1 aromatic heterocycles. The number of aryl methyl sites for hydroxylation is 2. The van der Waals surface area contributed by atoms with Crippen LogP contribution in [0.5, 0.6) is 0 Å². The van der Waals surface area contributed by atoms with E-state index in [1.807, 2.05) is 6.92 Å². The Kier molecular flexibility index (Phi) is 2.89. The number of hydrogen-bond donors (Lipinski definition) is 1. The van der Waals surface area contributed by atoms with Gasteiger partial charge in [-0.25, -0.2) is 0 Å². The second kappa shape index (κ2) is 3.65. The van der Waals surface area contributed by atoms with Crippen LogP contribution < -0.4 is 5.73 Å². The number of halogens is 2. The highest BCUT2D eigenvalue weighted by Crippen LogP contribution is 2.31. The minimum absolute atomic E-state index is 0.0261. The minimum Gasteiger partial charge on any atom is -0.325 e. The van der Waals surface area contributed by atoms with E-state index >= 15 is 0 Å². The predicted molar refractivity (Wildman–Crippen MR) is 50.3 cm³/mol. The molecule has 0 saturated heterocycles. The standard InChI is InChI=1S/C9H15F2N3/c1-4-14-7(3)8(6(2)13-14)9(10,11)5-12/h4-5,12H2,1-3H3. The molecule has 0 radical (unpaired) electrons. The molecule has 0 aliphatic carbocycles. The van der Waals surface area contributed by atoms with Crippen molar-refractivity contribution in [3.63, 3.8) is 0 Å². The van der Waals surface area contributed by atoms with Crippen molar-refractivity contribution in [1.82, 2.24) is 9.78 Å². The summed E-state index contributed by atoms with van der Waals surface area (Å²) in [5.41, 5.74) is 5.88. The number of hydrogen-bond acceptors (Lipinski definition) is 2. The maximum atomic E-state index is 13.4. The smallest absolute Gasteiger partial charge is 0.288 e. The van der Waals surface area contributed by atoms with Gasteiger partial charge < -0.3 is 5.73 Å². The van der Waals surface area contributed by atoms with Crippen molar-refractivity contribution in [3.8, 4) is 0 Å². The average molecular weight is 203 g/mol. The summed E-state index contributed by atoms with van der Waals surface area (Å²) in [6.07, 6.45) is 0. The minimum atomic E-state index is -2.97. The fraction of sp³-hybridized carbons (Fsp3) is 0.667. The van der Waals surface area contributed by atoms with Gasteiger partial charge in [0.2, 0.25) is 0 Å². The van der Waals surface area contributed by atoms with Gasteiger partial charge in [-0.1, -0.05) is 0 Å². The predicted octanol–water partition coefficient (Wildman–Crippen LogP) is 1.57. The molecule has 1 rings (SSSR count). The molecule has 14 heavy (non-hydrogen) atoms. The molecule has 0 amide bonds. The Labute approximate surface area is 81.9 Å². The van der Waals surface area contributed by atoms with Gasteiger partial charge in [-0.05, 0) is 20.8 Å². The Hall–Kier alpha value is -0.970. The third-order valence-corrected chi connectivity index (χ3v) is 2.30. The van der Waals surface area contributed by atoms with E-state index in [1.165, 1.54) is 0 Å². The maximum Gasteiger partial charge on any atom is 0.288 e. The summed E-state index contributed by atoms with van der Waals surface area (Å²) in [6, 6.07) is 0. The monoisotopic (exact) mass is 203 g/mol. The van der Waals surface area contributed by atoms with E-state index in [9.17, 15) is 8.78 Å². The lowest BCUT2D eigenvalue weighted by Crippen LogP contribution is -2.26. The van der Waals surface area contributed by atoms with E-state index in [0.29, 0.717) is 17.9 Å². The van der Waals surface area contributed by atoms with E-state index in [4.69, 9.17) is 5.73 Å². The van der Waals surface area contributed by atoms with Crippen LogP contribution in [0, 0.1) is 13.8 Å². The third-order valence-electron chi connectivity index (χ3n) is 2.30. The van der Waals surface area contributed by atoms with Crippen molar-refractivity contribution in [1.29, 1.82) is 0 Å². The van der Waals surface area contributed by atoms with Crippen molar-refractivity contribution >= 4 is 0 Å². The Morgan fingerprint density at radius 3 is 2.36 bits per heavy atom. The highest BCUT2D eigenvalue weighted by atomic mass is 19.3. The Morgan fingerprint density at radius 2 is 2.00 bits per heavy atom. The molecule has 3 nitrogen and oxygen atoms in total. The third kappa shape index (κ3) is 1.64. The Morgan fingerprint density at radius 1 is 1.43 bits per heavy atom. The number of nitrogens with two attached hydrogens (primary N) is 1.